The van der Waals surface area contributed by atoms with E-state index in [1.54, 1.807) is 4.68 Å². The number of rotatable bonds is 5. The van der Waals surface area contributed by atoms with Crippen molar-refractivity contribution < 1.29 is 4.79 Å². The summed E-state index contributed by atoms with van der Waals surface area (Å²) in [4.78, 5) is 14.8. The van der Waals surface area contributed by atoms with E-state index in [9.17, 15) is 4.79 Å². The Kier molecular flexibility index (Phi) is 5.82. The highest BCUT2D eigenvalue weighted by atomic mass is 16.2. The molecule has 1 aliphatic rings. The van der Waals surface area contributed by atoms with E-state index in [-0.39, 0.29) is 6.03 Å². The highest BCUT2D eigenvalue weighted by Crippen LogP contribution is 2.19. The Hall–Kier alpha value is -2.48. The molecule has 0 aliphatic carbocycles. The number of hydrogen-bond donors (Lipinski definition) is 2. The van der Waals surface area contributed by atoms with Crippen molar-refractivity contribution in [1.29, 1.82) is 0 Å². The Bertz CT molecular complexity index is 731. The minimum Gasteiger partial charge on any atom is -0.336 e. The van der Waals surface area contributed by atoms with E-state index in [0.29, 0.717) is 12.6 Å². The third-order valence-corrected chi connectivity index (χ3v) is 4.95. The third-order valence-electron chi connectivity index (χ3n) is 4.95. The van der Waals surface area contributed by atoms with Gasteiger partial charge in [0.25, 0.3) is 0 Å². The fraction of sp³-hybridized carbons (Fsp3) is 0.556. The zero-order chi connectivity index (χ0) is 18.5. The van der Waals surface area contributed by atoms with Gasteiger partial charge in [0.1, 0.15) is 6.33 Å². The molecule has 1 aliphatic heterocycles. The number of anilines is 1. The summed E-state index contributed by atoms with van der Waals surface area (Å²) < 4.78 is 1.56. The van der Waals surface area contributed by atoms with Gasteiger partial charge in [-0.15, -0.1) is 5.10 Å². The maximum absolute atomic E-state index is 12.3. The summed E-state index contributed by atoms with van der Waals surface area (Å²) in [5.41, 5.74) is 2.52. The van der Waals surface area contributed by atoms with Gasteiger partial charge in [-0.05, 0) is 67.3 Å². The van der Waals surface area contributed by atoms with Gasteiger partial charge in [-0.2, -0.15) is 0 Å². The van der Waals surface area contributed by atoms with Crippen molar-refractivity contribution in [3.63, 3.8) is 0 Å². The van der Waals surface area contributed by atoms with Crippen LogP contribution < -0.4 is 10.6 Å². The predicted octanol–water partition coefficient (Wildman–Crippen LogP) is 2.21. The molecule has 0 bridgehead atoms. The molecule has 2 N–H and O–H groups in total. The Morgan fingerprint density at radius 1 is 1.42 bits per heavy atom. The largest absolute Gasteiger partial charge is 0.336 e. The van der Waals surface area contributed by atoms with Crippen molar-refractivity contribution >= 4 is 11.7 Å². The molecule has 2 heterocycles. The van der Waals surface area contributed by atoms with Crippen LogP contribution in [0.15, 0.2) is 24.5 Å². The van der Waals surface area contributed by atoms with Crippen LogP contribution >= 0.6 is 0 Å². The van der Waals surface area contributed by atoms with E-state index in [1.807, 2.05) is 25.1 Å². The van der Waals surface area contributed by atoms with E-state index in [2.05, 4.69) is 44.9 Å². The fourth-order valence-corrected chi connectivity index (χ4v) is 3.33. The lowest BCUT2D eigenvalue weighted by molar-refractivity contribution is 0.138. The average Bonchev–Trinajstić information content (AvgIpc) is 3.16. The van der Waals surface area contributed by atoms with Crippen LogP contribution in [-0.4, -0.2) is 56.8 Å². The summed E-state index contributed by atoms with van der Waals surface area (Å²) in [5, 5.41) is 17.1. The molecule has 2 amide bonds. The van der Waals surface area contributed by atoms with Crippen molar-refractivity contribution in [3.05, 3.63) is 30.1 Å². The molecule has 1 saturated heterocycles. The summed E-state index contributed by atoms with van der Waals surface area (Å²) in [6.45, 7) is 9.27. The number of aromatic nitrogens is 4. The van der Waals surface area contributed by atoms with E-state index in [0.717, 1.165) is 35.9 Å². The molecule has 0 saturated carbocycles. The quantitative estimate of drug-likeness (QED) is 0.857. The molecule has 1 aromatic heterocycles. The third kappa shape index (κ3) is 4.57. The Morgan fingerprint density at radius 3 is 3.00 bits per heavy atom. The number of nitrogens with one attached hydrogen (secondary N) is 2. The van der Waals surface area contributed by atoms with Crippen LogP contribution in [0.25, 0.3) is 5.69 Å². The smallest absolute Gasteiger partial charge is 0.319 e. The molecule has 1 fully saturated rings. The second-order valence-electron chi connectivity index (χ2n) is 7.18. The standard InChI is InChI=1S/C18H27N7O/c1-13-5-4-8-24(11-13)15(3)10-19-18(26)21-17-9-16(7-6-14(17)2)25-12-20-22-23-25/h6-7,9,12-13,15H,4-5,8,10-11H2,1-3H3,(H2,19,21,26)/t13-,15-/m1/s1. The number of benzene rings is 1. The van der Waals surface area contributed by atoms with Crippen molar-refractivity contribution in [1.82, 2.24) is 30.4 Å². The van der Waals surface area contributed by atoms with Crippen LogP contribution in [0.3, 0.4) is 0 Å². The van der Waals surface area contributed by atoms with E-state index < -0.39 is 0 Å². The van der Waals surface area contributed by atoms with Crippen molar-refractivity contribution in [2.45, 2.75) is 39.7 Å². The average molecular weight is 357 g/mol. The summed E-state index contributed by atoms with van der Waals surface area (Å²) >= 11 is 0. The number of amides is 2. The van der Waals surface area contributed by atoms with Crippen molar-refractivity contribution in [3.8, 4) is 5.69 Å². The van der Waals surface area contributed by atoms with Gasteiger partial charge in [0.2, 0.25) is 0 Å². The maximum atomic E-state index is 12.3. The molecule has 2 atom stereocenters. The SMILES string of the molecule is Cc1ccc(-n2cnnn2)cc1NC(=O)NC[C@@H](C)N1CCC[C@@H](C)C1. The predicted molar refractivity (Wildman–Crippen MR) is 100 cm³/mol. The molecular formula is C18H27N7O. The van der Waals surface area contributed by atoms with Gasteiger partial charge in [0, 0.05) is 24.8 Å². The number of piperidine rings is 1. The number of urea groups is 1. The van der Waals surface area contributed by atoms with Gasteiger partial charge in [-0.1, -0.05) is 13.0 Å². The Labute approximate surface area is 154 Å². The van der Waals surface area contributed by atoms with Gasteiger partial charge in [-0.25, -0.2) is 9.48 Å². The summed E-state index contributed by atoms with van der Waals surface area (Å²) in [6.07, 6.45) is 4.06. The first-order chi connectivity index (χ1) is 12.5. The lowest BCUT2D eigenvalue weighted by atomic mass is 9.99. The normalized spacial score (nSPS) is 19.1. The van der Waals surface area contributed by atoms with Gasteiger partial charge in [-0.3, -0.25) is 4.90 Å². The number of likely N-dealkylation sites (tertiary alicyclic amines) is 1. The molecule has 3 rings (SSSR count). The number of carbonyl (C=O) groups excluding carboxylic acids is 1. The second kappa shape index (κ2) is 8.27. The van der Waals surface area contributed by atoms with E-state index in [1.165, 1.54) is 19.2 Å². The highest BCUT2D eigenvalue weighted by molar-refractivity contribution is 5.90. The number of hydrogen-bond acceptors (Lipinski definition) is 5. The van der Waals surface area contributed by atoms with Gasteiger partial charge in [0.15, 0.2) is 0 Å². The molecule has 8 nitrogen and oxygen atoms in total. The van der Waals surface area contributed by atoms with Crippen LogP contribution in [0.4, 0.5) is 10.5 Å². The molecule has 0 spiro atoms. The monoisotopic (exact) mass is 357 g/mol. The summed E-state index contributed by atoms with van der Waals surface area (Å²) in [7, 11) is 0. The molecule has 0 unspecified atom stereocenters. The molecule has 8 heteroatoms. The van der Waals surface area contributed by atoms with E-state index >= 15 is 0 Å². The van der Waals surface area contributed by atoms with Crippen LogP contribution in [-0.2, 0) is 0 Å². The number of nitrogens with zero attached hydrogens (tertiary/aromatic N) is 5. The first-order valence-electron chi connectivity index (χ1n) is 9.16. The molecule has 140 valence electrons. The summed E-state index contributed by atoms with van der Waals surface area (Å²) in [5.74, 6) is 0.733. The van der Waals surface area contributed by atoms with Gasteiger partial charge in [0.05, 0.1) is 5.69 Å². The minimum atomic E-state index is -0.195. The van der Waals surface area contributed by atoms with Gasteiger partial charge >= 0.3 is 6.03 Å². The number of tetrazole rings is 1. The second-order valence-corrected chi connectivity index (χ2v) is 7.18. The lowest BCUT2D eigenvalue weighted by Gasteiger charge is -2.35. The van der Waals surface area contributed by atoms with Gasteiger partial charge < -0.3 is 10.6 Å². The van der Waals surface area contributed by atoms with Crippen LogP contribution in [0.2, 0.25) is 0 Å². The Morgan fingerprint density at radius 2 is 2.27 bits per heavy atom. The minimum absolute atomic E-state index is 0.195. The molecule has 0 radical (unpaired) electrons. The van der Waals surface area contributed by atoms with Crippen LogP contribution in [0.5, 0.6) is 0 Å². The topological polar surface area (TPSA) is 88.0 Å². The highest BCUT2D eigenvalue weighted by Gasteiger charge is 2.21. The maximum Gasteiger partial charge on any atom is 0.319 e. The zero-order valence-electron chi connectivity index (χ0n) is 15.6. The van der Waals surface area contributed by atoms with E-state index in [4.69, 9.17) is 0 Å². The Balaban J connectivity index is 1.55. The number of aryl methyl sites for hydroxylation is 1. The lowest BCUT2D eigenvalue weighted by Crippen LogP contribution is -2.47. The fourth-order valence-electron chi connectivity index (χ4n) is 3.33. The molecule has 1 aromatic carbocycles. The molecule has 26 heavy (non-hydrogen) atoms. The van der Waals surface area contributed by atoms with Crippen molar-refractivity contribution in [2.24, 2.45) is 5.92 Å². The van der Waals surface area contributed by atoms with Crippen LogP contribution in [0.1, 0.15) is 32.3 Å². The number of carbonyl (C=O) groups is 1. The summed E-state index contributed by atoms with van der Waals surface area (Å²) in [6, 6.07) is 5.84. The first-order valence-corrected chi connectivity index (χ1v) is 9.16. The first kappa shape index (κ1) is 18.3. The molecular weight excluding hydrogens is 330 g/mol. The van der Waals surface area contributed by atoms with Crippen molar-refractivity contribution in [2.75, 3.05) is 25.0 Å². The zero-order valence-corrected chi connectivity index (χ0v) is 15.6. The van der Waals surface area contributed by atoms with Crippen LogP contribution in [0, 0.1) is 12.8 Å². The molecule has 2 aromatic rings.